The van der Waals surface area contributed by atoms with E-state index in [1.54, 1.807) is 12.1 Å². The van der Waals surface area contributed by atoms with Crippen LogP contribution in [0.4, 0.5) is 14.5 Å². The molecule has 2 aliphatic rings. The molecule has 5 N–H and O–H groups in total. The Labute approximate surface area is 279 Å². The number of aromatic nitrogens is 1. The molecule has 0 aliphatic carbocycles. The number of aromatic amines is 1. The Bertz CT molecular complexity index is 1960. The van der Waals surface area contributed by atoms with Gasteiger partial charge < -0.3 is 35.2 Å². The predicted octanol–water partition coefficient (Wildman–Crippen LogP) is 4.41. The van der Waals surface area contributed by atoms with Gasteiger partial charge in [-0.05, 0) is 60.7 Å². The van der Waals surface area contributed by atoms with Crippen molar-refractivity contribution < 1.29 is 42.3 Å². The van der Waals surface area contributed by atoms with Gasteiger partial charge in [0.05, 0.1) is 0 Å². The second-order valence-corrected chi connectivity index (χ2v) is 13.9. The molecule has 2 saturated heterocycles. The average molecular weight is 694 g/mol. The van der Waals surface area contributed by atoms with E-state index < -0.39 is 42.7 Å². The Hall–Kier alpha value is -4.91. The van der Waals surface area contributed by atoms with Crippen LogP contribution < -0.4 is 10.6 Å². The average Bonchev–Trinajstić information content (AvgIpc) is 3.69. The number of anilines is 1. The van der Waals surface area contributed by atoms with Crippen LogP contribution in [0.25, 0.3) is 22.0 Å². The molecule has 0 unspecified atom stereocenters. The number of benzene rings is 3. The van der Waals surface area contributed by atoms with Crippen molar-refractivity contribution in [2.24, 2.45) is 0 Å². The van der Waals surface area contributed by atoms with Crippen molar-refractivity contribution in [1.82, 2.24) is 20.1 Å². The summed E-state index contributed by atoms with van der Waals surface area (Å²) in [6.45, 7) is 1.51. The zero-order chi connectivity index (χ0) is 35.1. The second-order valence-electron chi connectivity index (χ2n) is 12.3. The quantitative estimate of drug-likeness (QED) is 0.179. The number of halogens is 2. The molecular weight excluding hydrogens is 659 g/mol. The van der Waals surface area contributed by atoms with Crippen LogP contribution in [0.5, 0.6) is 0 Å². The fourth-order valence-corrected chi connectivity index (χ4v) is 6.95. The lowest BCUT2D eigenvalue weighted by atomic mass is 10.1. The van der Waals surface area contributed by atoms with E-state index in [1.807, 2.05) is 42.5 Å². The highest BCUT2D eigenvalue weighted by Gasteiger charge is 2.50. The van der Waals surface area contributed by atoms with E-state index in [4.69, 9.17) is 9.79 Å². The van der Waals surface area contributed by atoms with Gasteiger partial charge >= 0.3 is 13.3 Å². The summed E-state index contributed by atoms with van der Waals surface area (Å²) in [7, 11) is -5.81. The van der Waals surface area contributed by atoms with Gasteiger partial charge in [0.25, 0.3) is 5.91 Å². The first-order valence-corrected chi connectivity index (χ1v) is 17.3. The first-order valence-electron chi connectivity index (χ1n) is 15.6. The van der Waals surface area contributed by atoms with Gasteiger partial charge in [-0.3, -0.25) is 23.7 Å². The van der Waals surface area contributed by atoms with E-state index in [0.717, 1.165) is 29.3 Å². The molecule has 3 aromatic carbocycles. The van der Waals surface area contributed by atoms with E-state index in [0.29, 0.717) is 31.5 Å². The zero-order valence-corrected chi connectivity index (χ0v) is 27.2. The predicted molar refractivity (Wildman–Crippen MR) is 177 cm³/mol. The summed E-state index contributed by atoms with van der Waals surface area (Å²) >= 11 is 0. The van der Waals surface area contributed by atoms with Gasteiger partial charge in [0, 0.05) is 48.2 Å². The van der Waals surface area contributed by atoms with Crippen LogP contribution in [0.1, 0.15) is 42.2 Å². The standard InChI is InChI=1S/C34H34F2N5O7P/c1-20(42)40-16-15-26-12-14-30(32(44)37-25-10-7-22(8-11-25)21-5-3-2-4-6-21)41(26)33(45)29(19-40)39-31(43)28-18-23-17-24(9-13-27(23)38-28)34(35,36)49(46,47)48/h2-11,13,17-18,26,29-30,38H,12,14-16,19H2,1H3,(H,37,44)(H,39,43)(H2,46,47,48)/t26-,29+,30+/m1/s1. The summed E-state index contributed by atoms with van der Waals surface area (Å²) in [4.78, 5) is 77.6. The fraction of sp³-hybridized carbons (Fsp3) is 0.294. The second kappa shape index (κ2) is 13.2. The highest BCUT2D eigenvalue weighted by molar-refractivity contribution is 7.52. The highest BCUT2D eigenvalue weighted by Crippen LogP contribution is 2.59. The van der Waals surface area contributed by atoms with Gasteiger partial charge in [-0.2, -0.15) is 8.78 Å². The highest BCUT2D eigenvalue weighted by atomic mass is 31.2. The van der Waals surface area contributed by atoms with Crippen LogP contribution in [-0.4, -0.2) is 79.4 Å². The number of nitrogens with one attached hydrogen (secondary N) is 3. The van der Waals surface area contributed by atoms with Crippen LogP contribution in [0, 0.1) is 0 Å². The molecule has 15 heteroatoms. The van der Waals surface area contributed by atoms with Crippen molar-refractivity contribution in [3.05, 3.63) is 90.1 Å². The fourth-order valence-electron chi connectivity index (χ4n) is 6.47. The molecule has 0 radical (unpaired) electrons. The van der Waals surface area contributed by atoms with Gasteiger partial charge in [0.15, 0.2) is 0 Å². The molecule has 1 aromatic heterocycles. The topological polar surface area (TPSA) is 172 Å². The molecule has 4 amide bonds. The number of alkyl halides is 2. The Morgan fingerprint density at radius 2 is 1.63 bits per heavy atom. The van der Waals surface area contributed by atoms with Crippen molar-refractivity contribution in [2.45, 2.75) is 50.0 Å². The van der Waals surface area contributed by atoms with Gasteiger partial charge in [0.2, 0.25) is 17.7 Å². The number of fused-ring (bicyclic) bond motifs is 2. The largest absolute Gasteiger partial charge is 0.399 e. The third-order valence-corrected chi connectivity index (χ3v) is 10.1. The lowest BCUT2D eigenvalue weighted by Crippen LogP contribution is -2.60. The van der Waals surface area contributed by atoms with Crippen molar-refractivity contribution in [2.75, 3.05) is 18.4 Å². The number of hydrogen-bond acceptors (Lipinski definition) is 5. The first kappa shape index (κ1) is 34.0. The molecule has 12 nitrogen and oxygen atoms in total. The Balaban J connectivity index is 1.21. The maximum atomic E-state index is 14.3. The molecule has 2 fully saturated rings. The summed E-state index contributed by atoms with van der Waals surface area (Å²) in [5.74, 6) is -2.00. The summed E-state index contributed by atoms with van der Waals surface area (Å²) < 4.78 is 40.0. The lowest BCUT2D eigenvalue weighted by molar-refractivity contribution is -0.143. The molecular formula is C34H34F2N5O7P. The Morgan fingerprint density at radius 3 is 2.31 bits per heavy atom. The van der Waals surface area contributed by atoms with Gasteiger partial charge in [-0.1, -0.05) is 48.5 Å². The first-order chi connectivity index (χ1) is 23.2. The van der Waals surface area contributed by atoms with Gasteiger partial charge in [-0.25, -0.2) is 0 Å². The molecule has 3 atom stereocenters. The number of carbonyl (C=O) groups is 4. The van der Waals surface area contributed by atoms with Crippen molar-refractivity contribution in [1.29, 1.82) is 0 Å². The van der Waals surface area contributed by atoms with Crippen LogP contribution in [0.15, 0.2) is 78.9 Å². The Morgan fingerprint density at radius 1 is 0.939 bits per heavy atom. The zero-order valence-electron chi connectivity index (χ0n) is 26.3. The third-order valence-electron chi connectivity index (χ3n) is 9.08. The minimum absolute atomic E-state index is 0.0817. The molecule has 2 aliphatic heterocycles. The summed E-state index contributed by atoms with van der Waals surface area (Å²) in [5, 5.41) is 5.64. The minimum atomic E-state index is -5.81. The van der Waals surface area contributed by atoms with Crippen LogP contribution in [0.2, 0.25) is 0 Å². The van der Waals surface area contributed by atoms with E-state index in [1.165, 1.54) is 22.8 Å². The van der Waals surface area contributed by atoms with Crippen LogP contribution in [-0.2, 0) is 24.6 Å². The molecule has 49 heavy (non-hydrogen) atoms. The molecule has 3 heterocycles. The summed E-state index contributed by atoms with van der Waals surface area (Å²) in [6, 6.07) is 18.8. The third kappa shape index (κ3) is 6.85. The number of hydrogen-bond donors (Lipinski definition) is 5. The van der Waals surface area contributed by atoms with Gasteiger partial charge in [0.1, 0.15) is 17.8 Å². The molecule has 0 saturated carbocycles. The molecule has 0 bridgehead atoms. The normalized spacial score (nSPS) is 20.0. The monoisotopic (exact) mass is 693 g/mol. The summed E-state index contributed by atoms with van der Waals surface area (Å²) in [6.07, 6.45) is 1.35. The number of H-pyrrole nitrogens is 1. The number of nitrogens with zero attached hydrogens (tertiary/aromatic N) is 2. The van der Waals surface area contributed by atoms with Crippen molar-refractivity contribution in [3.63, 3.8) is 0 Å². The maximum absolute atomic E-state index is 14.3. The van der Waals surface area contributed by atoms with Gasteiger partial charge in [-0.15, -0.1) is 0 Å². The van der Waals surface area contributed by atoms with Crippen LogP contribution >= 0.6 is 7.60 Å². The minimum Gasteiger partial charge on any atom is -0.351 e. The number of amides is 4. The summed E-state index contributed by atoms with van der Waals surface area (Å²) in [5.41, 5.74) is -2.69. The molecule has 0 spiro atoms. The smallest absolute Gasteiger partial charge is 0.351 e. The van der Waals surface area contributed by atoms with Crippen LogP contribution in [0.3, 0.4) is 0 Å². The SMILES string of the molecule is CC(=O)N1CC[C@H]2CC[C@@H](C(=O)Nc3ccc(-c4ccccc4)cc3)N2C(=O)[C@@H](NC(=O)c2cc3cc(C(F)(F)P(=O)(O)O)ccc3[nH]2)C1. The number of carbonyl (C=O) groups excluding carboxylic acids is 4. The van der Waals surface area contributed by atoms with E-state index >= 15 is 0 Å². The maximum Gasteiger partial charge on any atom is 0.399 e. The number of rotatable bonds is 7. The van der Waals surface area contributed by atoms with E-state index in [9.17, 15) is 32.5 Å². The molecule has 4 aromatic rings. The lowest BCUT2D eigenvalue weighted by Gasteiger charge is -2.38. The molecule has 256 valence electrons. The van der Waals surface area contributed by atoms with Crippen molar-refractivity contribution in [3.8, 4) is 11.1 Å². The Kier molecular flexibility index (Phi) is 9.14. The van der Waals surface area contributed by atoms with E-state index in [2.05, 4.69) is 15.6 Å². The molecule has 6 rings (SSSR count). The van der Waals surface area contributed by atoms with Crippen molar-refractivity contribution >= 4 is 47.8 Å². The van der Waals surface area contributed by atoms with E-state index in [-0.39, 0.29) is 41.0 Å².